The van der Waals surface area contributed by atoms with Crippen molar-refractivity contribution in [2.45, 2.75) is 6.92 Å². The molecule has 0 fully saturated rings. The Hall–Kier alpha value is -2.95. The van der Waals surface area contributed by atoms with Crippen LogP contribution in [-0.4, -0.2) is 19.6 Å². The fourth-order valence-electron chi connectivity index (χ4n) is 2.74. The summed E-state index contributed by atoms with van der Waals surface area (Å²) in [6.45, 7) is 1.83. The van der Waals surface area contributed by atoms with Crippen LogP contribution in [0.2, 0.25) is 0 Å². The number of hydrogen-bond acceptors (Lipinski definition) is 3. The quantitative estimate of drug-likeness (QED) is 0.581. The van der Waals surface area contributed by atoms with Gasteiger partial charge in [-0.2, -0.15) is 5.10 Å². The molecular weight excluding hydrogens is 264 g/mol. The van der Waals surface area contributed by atoms with Crippen LogP contribution in [0.15, 0.2) is 53.6 Å². The van der Waals surface area contributed by atoms with Crippen LogP contribution in [0.25, 0.3) is 27.7 Å². The molecule has 0 aliphatic heterocycles. The van der Waals surface area contributed by atoms with E-state index in [1.165, 1.54) is 0 Å². The molecule has 1 N–H and O–H groups in total. The molecule has 5 heteroatoms. The zero-order valence-corrected chi connectivity index (χ0v) is 11.4. The third-order valence-corrected chi connectivity index (χ3v) is 3.67. The summed E-state index contributed by atoms with van der Waals surface area (Å²) in [6.07, 6.45) is 1.59. The number of fused-ring (bicyclic) bond motifs is 2. The zero-order valence-electron chi connectivity index (χ0n) is 11.4. The number of aromatic amines is 1. The van der Waals surface area contributed by atoms with Crippen molar-refractivity contribution >= 4 is 16.3 Å². The van der Waals surface area contributed by atoms with E-state index >= 15 is 0 Å². The second-order valence-electron chi connectivity index (χ2n) is 4.95. The van der Waals surface area contributed by atoms with Crippen molar-refractivity contribution in [2.24, 2.45) is 0 Å². The first-order valence-corrected chi connectivity index (χ1v) is 6.66. The summed E-state index contributed by atoms with van der Waals surface area (Å²) in [7, 11) is 0. The molecule has 0 bridgehead atoms. The first-order chi connectivity index (χ1) is 10.3. The van der Waals surface area contributed by atoms with Crippen molar-refractivity contribution in [1.82, 2.24) is 19.6 Å². The average molecular weight is 276 g/mol. The van der Waals surface area contributed by atoms with Gasteiger partial charge >= 0.3 is 0 Å². The number of nitrogens with zero attached hydrogens (tertiary/aromatic N) is 3. The lowest BCUT2D eigenvalue weighted by Gasteiger charge is -2.05. The molecule has 0 saturated carbocycles. The predicted molar refractivity (Wildman–Crippen MR) is 81.3 cm³/mol. The molecular formula is C16H12N4O. The van der Waals surface area contributed by atoms with Gasteiger partial charge in [-0.05, 0) is 17.7 Å². The second kappa shape index (κ2) is 4.28. The van der Waals surface area contributed by atoms with Crippen LogP contribution >= 0.6 is 0 Å². The topological polar surface area (TPSA) is 63.1 Å². The molecule has 4 rings (SSSR count). The first-order valence-electron chi connectivity index (χ1n) is 6.66. The summed E-state index contributed by atoms with van der Waals surface area (Å²) in [5, 5.41) is 8.57. The van der Waals surface area contributed by atoms with Crippen molar-refractivity contribution in [3.63, 3.8) is 0 Å². The Morgan fingerprint density at radius 2 is 1.90 bits per heavy atom. The van der Waals surface area contributed by atoms with Gasteiger partial charge in [0.2, 0.25) is 0 Å². The number of aromatic nitrogens is 4. The number of aryl methyl sites for hydroxylation is 1. The van der Waals surface area contributed by atoms with Crippen molar-refractivity contribution < 1.29 is 0 Å². The summed E-state index contributed by atoms with van der Waals surface area (Å²) in [6, 6.07) is 14.2. The maximum absolute atomic E-state index is 11.9. The third-order valence-electron chi connectivity index (χ3n) is 3.67. The molecule has 102 valence electrons. The first kappa shape index (κ1) is 11.8. The Bertz CT molecular complexity index is 1020. The molecule has 2 heterocycles. The lowest BCUT2D eigenvalue weighted by Crippen LogP contribution is -2.11. The molecule has 0 aliphatic rings. The van der Waals surface area contributed by atoms with Crippen molar-refractivity contribution in [3.8, 4) is 11.4 Å². The molecule has 0 atom stereocenters. The number of benzene rings is 2. The highest BCUT2D eigenvalue weighted by molar-refractivity contribution is 5.95. The number of imidazole rings is 1. The van der Waals surface area contributed by atoms with Crippen molar-refractivity contribution in [1.29, 1.82) is 0 Å². The molecule has 2 aromatic heterocycles. The van der Waals surface area contributed by atoms with Gasteiger partial charge in [-0.1, -0.05) is 42.5 Å². The van der Waals surface area contributed by atoms with Crippen LogP contribution in [0.5, 0.6) is 0 Å². The zero-order chi connectivity index (χ0) is 14.4. The standard InChI is InChI=1S/C16H12N4O/c1-10-14-16(21)19-17-9-20(14)15(18-10)13-8-4-6-11-5-2-3-7-12(11)13/h2-9H,1H3,(H,19,21). The van der Waals surface area contributed by atoms with E-state index in [9.17, 15) is 4.79 Å². The molecule has 0 saturated heterocycles. The molecule has 4 aromatic rings. The monoisotopic (exact) mass is 276 g/mol. The Kier molecular flexibility index (Phi) is 2.41. The Morgan fingerprint density at radius 1 is 1.10 bits per heavy atom. The molecule has 2 aromatic carbocycles. The van der Waals surface area contributed by atoms with Gasteiger partial charge in [0.15, 0.2) is 0 Å². The minimum atomic E-state index is -0.228. The van der Waals surface area contributed by atoms with Crippen LogP contribution in [0.4, 0.5) is 0 Å². The van der Waals surface area contributed by atoms with E-state index < -0.39 is 0 Å². The van der Waals surface area contributed by atoms with Gasteiger partial charge < -0.3 is 0 Å². The van der Waals surface area contributed by atoms with Gasteiger partial charge in [-0.3, -0.25) is 9.20 Å². The summed E-state index contributed by atoms with van der Waals surface area (Å²) in [5.41, 5.74) is 1.99. The van der Waals surface area contributed by atoms with Crippen LogP contribution in [0.1, 0.15) is 5.69 Å². The van der Waals surface area contributed by atoms with E-state index in [1.807, 2.05) is 31.2 Å². The molecule has 21 heavy (non-hydrogen) atoms. The molecule has 0 unspecified atom stereocenters. The van der Waals surface area contributed by atoms with Gasteiger partial charge in [-0.25, -0.2) is 10.1 Å². The molecule has 5 nitrogen and oxygen atoms in total. The minimum absolute atomic E-state index is 0.228. The van der Waals surface area contributed by atoms with Crippen molar-refractivity contribution in [2.75, 3.05) is 0 Å². The maximum Gasteiger partial charge on any atom is 0.290 e. The molecule has 0 radical (unpaired) electrons. The fraction of sp³-hybridized carbons (Fsp3) is 0.0625. The Balaban J connectivity index is 2.15. The van der Waals surface area contributed by atoms with Gasteiger partial charge in [-0.15, -0.1) is 0 Å². The van der Waals surface area contributed by atoms with Crippen molar-refractivity contribution in [3.05, 3.63) is 64.8 Å². The SMILES string of the molecule is Cc1nc(-c2cccc3ccccc23)n2cn[nH]c(=O)c12. The lowest BCUT2D eigenvalue weighted by molar-refractivity contribution is 0.919. The number of rotatable bonds is 1. The van der Waals surface area contributed by atoms with Gasteiger partial charge in [0.25, 0.3) is 5.56 Å². The number of H-pyrrole nitrogens is 1. The largest absolute Gasteiger partial charge is 0.290 e. The molecule has 0 aliphatic carbocycles. The predicted octanol–water partition coefficient (Wildman–Crippen LogP) is 2.55. The number of nitrogens with one attached hydrogen (secondary N) is 1. The lowest BCUT2D eigenvalue weighted by atomic mass is 10.0. The summed E-state index contributed by atoms with van der Waals surface area (Å²) < 4.78 is 1.75. The van der Waals surface area contributed by atoms with Gasteiger partial charge in [0, 0.05) is 5.56 Å². The minimum Gasteiger partial charge on any atom is -0.276 e. The smallest absolute Gasteiger partial charge is 0.276 e. The highest BCUT2D eigenvalue weighted by Gasteiger charge is 2.14. The Labute approximate surface area is 119 Å². The van der Waals surface area contributed by atoms with Crippen LogP contribution in [0.3, 0.4) is 0 Å². The van der Waals surface area contributed by atoms with Crippen LogP contribution in [0, 0.1) is 6.92 Å². The van der Waals surface area contributed by atoms with Gasteiger partial charge in [0.1, 0.15) is 17.7 Å². The molecule has 0 spiro atoms. The van der Waals surface area contributed by atoms with E-state index in [0.29, 0.717) is 11.2 Å². The van der Waals surface area contributed by atoms with Gasteiger partial charge in [0.05, 0.1) is 5.69 Å². The van der Waals surface area contributed by atoms with Crippen LogP contribution < -0.4 is 5.56 Å². The van der Waals surface area contributed by atoms with E-state index in [1.54, 1.807) is 10.7 Å². The van der Waals surface area contributed by atoms with E-state index in [0.717, 1.165) is 22.2 Å². The highest BCUT2D eigenvalue weighted by Crippen LogP contribution is 2.28. The second-order valence-corrected chi connectivity index (χ2v) is 4.95. The summed E-state index contributed by atoms with van der Waals surface area (Å²) in [4.78, 5) is 16.5. The Morgan fingerprint density at radius 3 is 2.81 bits per heavy atom. The summed E-state index contributed by atoms with van der Waals surface area (Å²) >= 11 is 0. The van der Waals surface area contributed by atoms with Crippen LogP contribution in [-0.2, 0) is 0 Å². The fourth-order valence-corrected chi connectivity index (χ4v) is 2.74. The maximum atomic E-state index is 11.9. The summed E-state index contributed by atoms with van der Waals surface area (Å²) in [5.74, 6) is 0.734. The average Bonchev–Trinajstić information content (AvgIpc) is 2.85. The van der Waals surface area contributed by atoms with E-state index in [4.69, 9.17) is 0 Å². The molecule has 0 amide bonds. The number of hydrogen-bond donors (Lipinski definition) is 1. The van der Waals surface area contributed by atoms with E-state index in [-0.39, 0.29) is 5.56 Å². The third kappa shape index (κ3) is 1.67. The van der Waals surface area contributed by atoms with E-state index in [2.05, 4.69) is 33.4 Å². The highest BCUT2D eigenvalue weighted by atomic mass is 16.1. The normalized spacial score (nSPS) is 11.3.